The van der Waals surface area contributed by atoms with E-state index in [-0.39, 0.29) is 5.82 Å². The summed E-state index contributed by atoms with van der Waals surface area (Å²) in [5.74, 6) is -0.313. The van der Waals surface area contributed by atoms with Crippen LogP contribution in [-0.4, -0.2) is 15.8 Å². The highest BCUT2D eigenvalue weighted by atomic mass is 35.5. The number of aryl methyl sites for hydroxylation is 1. The predicted octanol–water partition coefficient (Wildman–Crippen LogP) is 3.59. The Morgan fingerprint density at radius 1 is 1.38 bits per heavy atom. The van der Waals surface area contributed by atoms with Crippen LogP contribution in [-0.2, 0) is 13.1 Å². The second-order valence-corrected chi connectivity index (χ2v) is 6.11. The lowest BCUT2D eigenvalue weighted by Gasteiger charge is -2.08. The molecular formula is C16H19ClFN3. The van der Waals surface area contributed by atoms with Crippen LogP contribution in [0.5, 0.6) is 0 Å². The molecule has 0 atom stereocenters. The van der Waals surface area contributed by atoms with E-state index in [1.165, 1.54) is 30.5 Å². The molecule has 112 valence electrons. The van der Waals surface area contributed by atoms with Crippen molar-refractivity contribution in [3.63, 3.8) is 0 Å². The van der Waals surface area contributed by atoms with Crippen molar-refractivity contribution >= 4 is 11.6 Å². The second-order valence-electron chi connectivity index (χ2n) is 5.70. The minimum Gasteiger partial charge on any atom is -0.310 e. The molecule has 0 unspecified atom stereocenters. The molecule has 0 bridgehead atoms. The largest absolute Gasteiger partial charge is 0.310 e. The zero-order valence-corrected chi connectivity index (χ0v) is 13.0. The molecule has 0 aliphatic heterocycles. The van der Waals surface area contributed by atoms with Crippen LogP contribution in [0, 0.1) is 19.7 Å². The maximum absolute atomic E-state index is 13.1. The number of nitrogens with zero attached hydrogens (tertiary/aromatic N) is 2. The number of halogens is 2. The zero-order chi connectivity index (χ0) is 15.0. The molecule has 1 aliphatic rings. The standard InChI is InChI=1S/C16H19ClFN3/c1-10-15(8-19-14-5-6-14)11(2)21(20-10)9-12-3-4-13(18)7-16(12)17/h3-4,7,14,19H,5-6,8-9H2,1-2H3. The molecule has 3 nitrogen and oxygen atoms in total. The molecule has 1 saturated carbocycles. The predicted molar refractivity (Wildman–Crippen MR) is 82.1 cm³/mol. The van der Waals surface area contributed by atoms with Gasteiger partial charge in [0.2, 0.25) is 0 Å². The van der Waals surface area contributed by atoms with Gasteiger partial charge in [-0.15, -0.1) is 0 Å². The van der Waals surface area contributed by atoms with Gasteiger partial charge in [-0.05, 0) is 44.4 Å². The maximum Gasteiger partial charge on any atom is 0.124 e. The molecule has 0 amide bonds. The minimum atomic E-state index is -0.313. The average Bonchev–Trinajstić information content (AvgIpc) is 3.20. The molecule has 5 heteroatoms. The van der Waals surface area contributed by atoms with Crippen LogP contribution >= 0.6 is 11.6 Å². The van der Waals surface area contributed by atoms with Gasteiger partial charge in [0.1, 0.15) is 5.82 Å². The maximum atomic E-state index is 13.1. The Kier molecular flexibility index (Phi) is 4.00. The Bertz CT molecular complexity index is 662. The smallest absolute Gasteiger partial charge is 0.124 e. The van der Waals surface area contributed by atoms with Crippen LogP contribution in [0.3, 0.4) is 0 Å². The fourth-order valence-electron chi connectivity index (χ4n) is 2.49. The first kappa shape index (κ1) is 14.5. The van der Waals surface area contributed by atoms with Crippen LogP contribution in [0.2, 0.25) is 5.02 Å². The van der Waals surface area contributed by atoms with E-state index in [9.17, 15) is 4.39 Å². The summed E-state index contributed by atoms with van der Waals surface area (Å²) in [4.78, 5) is 0. The molecule has 1 aromatic carbocycles. The molecule has 1 heterocycles. The van der Waals surface area contributed by atoms with Crippen LogP contribution in [0.1, 0.15) is 35.4 Å². The van der Waals surface area contributed by atoms with Gasteiger partial charge < -0.3 is 5.32 Å². The third kappa shape index (κ3) is 3.27. The van der Waals surface area contributed by atoms with Gasteiger partial charge in [-0.3, -0.25) is 4.68 Å². The highest BCUT2D eigenvalue weighted by Gasteiger charge is 2.21. The number of rotatable bonds is 5. The summed E-state index contributed by atoms with van der Waals surface area (Å²) in [6.45, 7) is 5.52. The number of aromatic nitrogens is 2. The monoisotopic (exact) mass is 307 g/mol. The van der Waals surface area contributed by atoms with Crippen molar-refractivity contribution in [2.45, 2.75) is 45.8 Å². The summed E-state index contributed by atoms with van der Waals surface area (Å²) in [5.41, 5.74) is 4.31. The lowest BCUT2D eigenvalue weighted by atomic mass is 10.2. The van der Waals surface area contributed by atoms with Crippen molar-refractivity contribution in [1.82, 2.24) is 15.1 Å². The van der Waals surface area contributed by atoms with E-state index < -0.39 is 0 Å². The normalized spacial score (nSPS) is 14.7. The Morgan fingerprint density at radius 3 is 2.81 bits per heavy atom. The molecule has 0 spiro atoms. The molecule has 0 radical (unpaired) electrons. The Morgan fingerprint density at radius 2 is 2.14 bits per heavy atom. The molecule has 1 aromatic heterocycles. The van der Waals surface area contributed by atoms with Crippen molar-refractivity contribution in [1.29, 1.82) is 0 Å². The summed E-state index contributed by atoms with van der Waals surface area (Å²) < 4.78 is 15.0. The highest BCUT2D eigenvalue weighted by Crippen LogP contribution is 2.23. The van der Waals surface area contributed by atoms with Gasteiger partial charge in [-0.2, -0.15) is 5.10 Å². The number of benzene rings is 1. The van der Waals surface area contributed by atoms with Crippen LogP contribution in [0.15, 0.2) is 18.2 Å². The van der Waals surface area contributed by atoms with Crippen LogP contribution in [0.4, 0.5) is 4.39 Å². The van der Waals surface area contributed by atoms with Crippen molar-refractivity contribution in [2.75, 3.05) is 0 Å². The third-order valence-corrected chi connectivity index (χ3v) is 4.36. The fraction of sp³-hybridized carbons (Fsp3) is 0.438. The summed E-state index contributed by atoms with van der Waals surface area (Å²) in [6, 6.07) is 5.18. The van der Waals surface area contributed by atoms with Crippen molar-refractivity contribution in [3.05, 3.63) is 51.6 Å². The Labute approximate surface area is 129 Å². The lowest BCUT2D eigenvalue weighted by molar-refractivity contribution is 0.622. The number of hydrogen-bond donors (Lipinski definition) is 1. The van der Waals surface area contributed by atoms with Gasteiger partial charge in [-0.25, -0.2) is 4.39 Å². The molecule has 3 rings (SSSR count). The molecule has 1 N–H and O–H groups in total. The molecule has 1 aliphatic carbocycles. The van der Waals surface area contributed by atoms with Gasteiger partial charge in [-0.1, -0.05) is 17.7 Å². The van der Waals surface area contributed by atoms with E-state index in [0.29, 0.717) is 17.6 Å². The number of nitrogens with one attached hydrogen (secondary N) is 1. The zero-order valence-electron chi connectivity index (χ0n) is 12.3. The average molecular weight is 308 g/mol. The Hall–Kier alpha value is -1.39. The lowest BCUT2D eigenvalue weighted by Crippen LogP contribution is -2.16. The number of hydrogen-bond acceptors (Lipinski definition) is 2. The topological polar surface area (TPSA) is 29.9 Å². The fourth-order valence-corrected chi connectivity index (χ4v) is 2.72. The second kappa shape index (κ2) is 5.78. The quantitative estimate of drug-likeness (QED) is 0.915. The first-order valence-electron chi connectivity index (χ1n) is 7.25. The van der Waals surface area contributed by atoms with Crippen molar-refractivity contribution < 1.29 is 4.39 Å². The SMILES string of the molecule is Cc1nn(Cc2ccc(F)cc2Cl)c(C)c1CNC1CC1. The molecule has 1 fully saturated rings. The molecule has 2 aromatic rings. The minimum absolute atomic E-state index is 0.313. The van der Waals surface area contributed by atoms with E-state index >= 15 is 0 Å². The highest BCUT2D eigenvalue weighted by molar-refractivity contribution is 6.31. The van der Waals surface area contributed by atoms with Crippen molar-refractivity contribution in [2.24, 2.45) is 0 Å². The van der Waals surface area contributed by atoms with Gasteiger partial charge in [0, 0.05) is 28.9 Å². The van der Waals surface area contributed by atoms with E-state index in [0.717, 1.165) is 23.5 Å². The van der Waals surface area contributed by atoms with Gasteiger partial charge in [0.05, 0.1) is 12.2 Å². The van der Waals surface area contributed by atoms with Crippen LogP contribution < -0.4 is 5.32 Å². The van der Waals surface area contributed by atoms with Gasteiger partial charge >= 0.3 is 0 Å². The molecular weight excluding hydrogens is 289 g/mol. The molecule has 0 saturated heterocycles. The summed E-state index contributed by atoms with van der Waals surface area (Å²) in [5, 5.41) is 8.56. The first-order valence-corrected chi connectivity index (χ1v) is 7.62. The van der Waals surface area contributed by atoms with E-state index in [4.69, 9.17) is 11.6 Å². The van der Waals surface area contributed by atoms with Gasteiger partial charge in [0.15, 0.2) is 0 Å². The van der Waals surface area contributed by atoms with Gasteiger partial charge in [0.25, 0.3) is 0 Å². The van der Waals surface area contributed by atoms with E-state index in [1.807, 2.05) is 11.6 Å². The summed E-state index contributed by atoms with van der Waals surface area (Å²) in [7, 11) is 0. The third-order valence-electron chi connectivity index (χ3n) is 4.01. The van der Waals surface area contributed by atoms with E-state index in [1.54, 1.807) is 6.07 Å². The Balaban J connectivity index is 1.79. The summed E-state index contributed by atoms with van der Waals surface area (Å²) >= 11 is 6.10. The van der Waals surface area contributed by atoms with Crippen LogP contribution in [0.25, 0.3) is 0 Å². The summed E-state index contributed by atoms with van der Waals surface area (Å²) in [6.07, 6.45) is 2.55. The van der Waals surface area contributed by atoms with Crippen molar-refractivity contribution in [3.8, 4) is 0 Å². The first-order chi connectivity index (χ1) is 10.0. The molecule has 21 heavy (non-hydrogen) atoms. The van der Waals surface area contributed by atoms with E-state index in [2.05, 4.69) is 17.3 Å².